The van der Waals surface area contributed by atoms with Crippen LogP contribution in [0.25, 0.3) is 21.9 Å². The first kappa shape index (κ1) is 16.4. The second-order valence-electron chi connectivity index (χ2n) is 7.78. The zero-order chi connectivity index (χ0) is 17.7. The molecule has 0 aliphatic carbocycles. The maximum atomic E-state index is 6.17. The third-order valence-corrected chi connectivity index (χ3v) is 5.50. The minimum absolute atomic E-state index is 0.316. The van der Waals surface area contributed by atoms with Crippen LogP contribution in [0.2, 0.25) is 0 Å². The van der Waals surface area contributed by atoms with Crippen LogP contribution in [0.3, 0.4) is 0 Å². The van der Waals surface area contributed by atoms with Crippen LogP contribution in [-0.2, 0) is 9.31 Å². The quantitative estimate of drug-likeness (QED) is 0.628. The van der Waals surface area contributed by atoms with Gasteiger partial charge in [-0.2, -0.15) is 0 Å². The molecule has 2 nitrogen and oxygen atoms in total. The molecule has 0 amide bonds. The first-order valence-electron chi connectivity index (χ1n) is 8.81. The van der Waals surface area contributed by atoms with Gasteiger partial charge in [-0.3, -0.25) is 0 Å². The van der Waals surface area contributed by atoms with Gasteiger partial charge in [-0.15, -0.1) is 0 Å². The Hall–Kier alpha value is -2.10. The fraction of sp³-hybridized carbons (Fsp3) is 0.273. The largest absolute Gasteiger partial charge is 0.494 e. The van der Waals surface area contributed by atoms with Crippen molar-refractivity contribution in [3.63, 3.8) is 0 Å². The Morgan fingerprint density at radius 2 is 1.24 bits per heavy atom. The summed E-state index contributed by atoms with van der Waals surface area (Å²) in [5.74, 6) is 0. The van der Waals surface area contributed by atoms with Crippen molar-refractivity contribution in [3.05, 3.63) is 66.7 Å². The molecule has 0 bridgehead atoms. The average Bonchev–Trinajstić information content (AvgIpc) is 2.82. The van der Waals surface area contributed by atoms with Crippen molar-refractivity contribution in [1.29, 1.82) is 0 Å². The highest BCUT2D eigenvalue weighted by atomic mass is 16.7. The highest BCUT2D eigenvalue weighted by Gasteiger charge is 2.51. The molecule has 0 aromatic heterocycles. The topological polar surface area (TPSA) is 18.5 Å². The van der Waals surface area contributed by atoms with Crippen LogP contribution in [0.1, 0.15) is 27.7 Å². The minimum atomic E-state index is -0.316. The summed E-state index contributed by atoms with van der Waals surface area (Å²) >= 11 is 0. The Balaban J connectivity index is 1.68. The van der Waals surface area contributed by atoms with Crippen molar-refractivity contribution >= 4 is 23.4 Å². The van der Waals surface area contributed by atoms with Crippen molar-refractivity contribution in [3.8, 4) is 11.1 Å². The summed E-state index contributed by atoms with van der Waals surface area (Å²) in [6.07, 6.45) is 0. The molecule has 1 fully saturated rings. The molecule has 25 heavy (non-hydrogen) atoms. The monoisotopic (exact) mass is 330 g/mol. The van der Waals surface area contributed by atoms with Gasteiger partial charge in [-0.25, -0.2) is 0 Å². The second-order valence-corrected chi connectivity index (χ2v) is 7.78. The Kier molecular flexibility index (Phi) is 3.75. The maximum Gasteiger partial charge on any atom is 0.494 e. The Bertz CT molecular complexity index is 900. The molecule has 1 heterocycles. The summed E-state index contributed by atoms with van der Waals surface area (Å²) in [6.45, 7) is 8.33. The predicted molar refractivity (Wildman–Crippen MR) is 105 cm³/mol. The van der Waals surface area contributed by atoms with Gasteiger partial charge in [0, 0.05) is 0 Å². The van der Waals surface area contributed by atoms with Crippen LogP contribution in [0.15, 0.2) is 66.7 Å². The Morgan fingerprint density at radius 1 is 0.640 bits per heavy atom. The fourth-order valence-electron chi connectivity index (χ4n) is 3.20. The molecule has 3 aromatic rings. The summed E-state index contributed by atoms with van der Waals surface area (Å²) in [7, 11) is -0.316. The molecule has 126 valence electrons. The van der Waals surface area contributed by atoms with Gasteiger partial charge in [0.1, 0.15) is 0 Å². The van der Waals surface area contributed by atoms with E-state index in [1.165, 1.54) is 21.9 Å². The first-order valence-corrected chi connectivity index (χ1v) is 8.81. The maximum absolute atomic E-state index is 6.17. The molecule has 0 N–H and O–H groups in total. The molecular weight excluding hydrogens is 307 g/mol. The van der Waals surface area contributed by atoms with Crippen molar-refractivity contribution in [1.82, 2.24) is 0 Å². The molecule has 0 spiro atoms. The summed E-state index contributed by atoms with van der Waals surface area (Å²) < 4.78 is 12.3. The summed E-state index contributed by atoms with van der Waals surface area (Å²) in [6, 6.07) is 23.5. The third-order valence-electron chi connectivity index (χ3n) is 5.50. The van der Waals surface area contributed by atoms with E-state index in [0.717, 1.165) is 5.46 Å². The zero-order valence-corrected chi connectivity index (χ0v) is 15.2. The van der Waals surface area contributed by atoms with Crippen LogP contribution in [0, 0.1) is 0 Å². The lowest BCUT2D eigenvalue weighted by Gasteiger charge is -2.32. The van der Waals surface area contributed by atoms with E-state index in [4.69, 9.17) is 9.31 Å². The van der Waals surface area contributed by atoms with Crippen molar-refractivity contribution in [2.45, 2.75) is 38.9 Å². The van der Waals surface area contributed by atoms with E-state index in [-0.39, 0.29) is 18.3 Å². The average molecular weight is 330 g/mol. The normalized spacial score (nSPS) is 18.6. The van der Waals surface area contributed by atoms with E-state index in [1.54, 1.807) is 0 Å². The number of fused-ring (bicyclic) bond motifs is 1. The molecule has 4 rings (SSSR count). The van der Waals surface area contributed by atoms with Gasteiger partial charge in [0.25, 0.3) is 0 Å². The minimum Gasteiger partial charge on any atom is -0.399 e. The standard InChI is InChI=1S/C22H23BO2/c1-21(2)22(3,4)25-23(24-21)20-13-12-18-14-17(10-11-19(18)15-20)16-8-6-5-7-9-16/h5-15H,1-4H3. The van der Waals surface area contributed by atoms with Crippen molar-refractivity contribution in [2.75, 3.05) is 0 Å². The number of rotatable bonds is 2. The fourth-order valence-corrected chi connectivity index (χ4v) is 3.20. The molecule has 0 radical (unpaired) electrons. The van der Waals surface area contributed by atoms with E-state index in [9.17, 15) is 0 Å². The highest BCUT2D eigenvalue weighted by Crippen LogP contribution is 2.36. The highest BCUT2D eigenvalue weighted by molar-refractivity contribution is 6.62. The van der Waals surface area contributed by atoms with Crippen LogP contribution in [0.5, 0.6) is 0 Å². The van der Waals surface area contributed by atoms with Gasteiger partial charge in [-0.1, -0.05) is 60.7 Å². The zero-order valence-electron chi connectivity index (χ0n) is 15.2. The van der Waals surface area contributed by atoms with E-state index < -0.39 is 0 Å². The van der Waals surface area contributed by atoms with Crippen LogP contribution < -0.4 is 5.46 Å². The van der Waals surface area contributed by atoms with Crippen molar-refractivity contribution < 1.29 is 9.31 Å². The lowest BCUT2D eigenvalue weighted by molar-refractivity contribution is 0.00578. The van der Waals surface area contributed by atoms with Crippen LogP contribution in [-0.4, -0.2) is 18.3 Å². The molecule has 3 aromatic carbocycles. The van der Waals surface area contributed by atoms with E-state index in [1.807, 2.05) is 6.07 Å². The van der Waals surface area contributed by atoms with Gasteiger partial charge < -0.3 is 9.31 Å². The van der Waals surface area contributed by atoms with Gasteiger partial charge in [0.2, 0.25) is 0 Å². The van der Waals surface area contributed by atoms with Crippen LogP contribution in [0.4, 0.5) is 0 Å². The first-order chi connectivity index (χ1) is 11.9. The molecule has 0 saturated carbocycles. The van der Waals surface area contributed by atoms with Gasteiger partial charge in [0.15, 0.2) is 0 Å². The molecule has 0 unspecified atom stereocenters. The molecule has 0 atom stereocenters. The molecule has 1 aliphatic rings. The van der Waals surface area contributed by atoms with Crippen molar-refractivity contribution in [2.24, 2.45) is 0 Å². The molecular formula is C22H23BO2. The van der Waals surface area contributed by atoms with Gasteiger partial charge in [0.05, 0.1) is 11.2 Å². The number of hydrogen-bond donors (Lipinski definition) is 0. The summed E-state index contributed by atoms with van der Waals surface area (Å²) in [4.78, 5) is 0. The van der Waals surface area contributed by atoms with E-state index in [0.29, 0.717) is 0 Å². The Morgan fingerprint density at radius 3 is 1.92 bits per heavy atom. The molecule has 3 heteroatoms. The molecule has 1 saturated heterocycles. The van der Waals surface area contributed by atoms with E-state index in [2.05, 4.69) is 88.4 Å². The van der Waals surface area contributed by atoms with Crippen LogP contribution >= 0.6 is 0 Å². The SMILES string of the molecule is CC1(C)OB(c2ccc3cc(-c4ccccc4)ccc3c2)OC1(C)C. The smallest absolute Gasteiger partial charge is 0.399 e. The Labute approximate surface area is 149 Å². The summed E-state index contributed by atoms with van der Waals surface area (Å²) in [5, 5.41) is 2.42. The lowest BCUT2D eigenvalue weighted by Crippen LogP contribution is -2.41. The number of benzene rings is 3. The van der Waals surface area contributed by atoms with Gasteiger partial charge >= 0.3 is 7.12 Å². The predicted octanol–water partition coefficient (Wildman–Crippen LogP) is 4.81. The second kappa shape index (κ2) is 5.72. The number of hydrogen-bond acceptors (Lipinski definition) is 2. The van der Waals surface area contributed by atoms with E-state index >= 15 is 0 Å². The molecule has 1 aliphatic heterocycles. The lowest BCUT2D eigenvalue weighted by atomic mass is 9.78. The third kappa shape index (κ3) is 2.88. The van der Waals surface area contributed by atoms with Gasteiger partial charge in [-0.05, 0) is 61.1 Å². The summed E-state index contributed by atoms with van der Waals surface area (Å²) in [5.41, 5.74) is 2.91.